The Kier molecular flexibility index (Phi) is 4.29. The molecule has 0 bridgehead atoms. The van der Waals surface area contributed by atoms with E-state index in [4.69, 9.17) is 9.47 Å². The second-order valence-corrected chi connectivity index (χ2v) is 3.84. The zero-order valence-electron chi connectivity index (χ0n) is 8.88. The second kappa shape index (κ2) is 5.28. The van der Waals surface area contributed by atoms with Crippen LogP contribution in [0.5, 0.6) is 0 Å². The van der Waals surface area contributed by atoms with Crippen LogP contribution in [-0.4, -0.2) is 12.9 Å². The van der Waals surface area contributed by atoms with E-state index < -0.39 is 0 Å². The predicted octanol–water partition coefficient (Wildman–Crippen LogP) is 3.09. The van der Waals surface area contributed by atoms with Crippen molar-refractivity contribution in [1.82, 2.24) is 0 Å². The van der Waals surface area contributed by atoms with E-state index in [-0.39, 0.29) is 6.29 Å². The molecule has 0 spiro atoms. The highest BCUT2D eigenvalue weighted by molar-refractivity contribution is 5.06. The Bertz CT molecular complexity index is 173. The Balaban J connectivity index is 2.14. The van der Waals surface area contributed by atoms with Gasteiger partial charge in [0, 0.05) is 6.42 Å². The first-order valence-electron chi connectivity index (χ1n) is 5.20. The third-order valence-electron chi connectivity index (χ3n) is 2.32. The molecule has 2 nitrogen and oxygen atoms in total. The van der Waals surface area contributed by atoms with Crippen LogP contribution in [0.2, 0.25) is 0 Å². The van der Waals surface area contributed by atoms with Crippen LogP contribution >= 0.6 is 0 Å². The molecular formula is C11H20O2. The van der Waals surface area contributed by atoms with Crippen LogP contribution in [0.25, 0.3) is 0 Å². The van der Waals surface area contributed by atoms with Gasteiger partial charge in [-0.05, 0) is 17.9 Å². The maximum Gasteiger partial charge on any atom is 0.202 e. The molecule has 1 unspecified atom stereocenters. The van der Waals surface area contributed by atoms with Gasteiger partial charge in [-0.15, -0.1) is 0 Å². The first-order chi connectivity index (χ1) is 6.24. The zero-order chi connectivity index (χ0) is 9.68. The first kappa shape index (κ1) is 10.6. The Hall–Kier alpha value is -0.500. The molecule has 0 aromatic heterocycles. The molecule has 2 heteroatoms. The third-order valence-corrected chi connectivity index (χ3v) is 2.32. The lowest BCUT2D eigenvalue weighted by atomic mass is 10.0. The minimum atomic E-state index is -0.0102. The highest BCUT2D eigenvalue weighted by atomic mass is 16.7. The first-order valence-corrected chi connectivity index (χ1v) is 5.20. The lowest BCUT2D eigenvalue weighted by molar-refractivity contribution is -0.0925. The topological polar surface area (TPSA) is 18.5 Å². The van der Waals surface area contributed by atoms with Crippen LogP contribution < -0.4 is 0 Å². The van der Waals surface area contributed by atoms with E-state index in [1.54, 1.807) is 0 Å². The summed E-state index contributed by atoms with van der Waals surface area (Å²) in [5.74, 6) is 0.583. The van der Waals surface area contributed by atoms with E-state index in [2.05, 4.69) is 20.8 Å². The summed E-state index contributed by atoms with van der Waals surface area (Å²) < 4.78 is 10.9. The van der Waals surface area contributed by atoms with Gasteiger partial charge in [-0.1, -0.05) is 27.2 Å². The largest absolute Gasteiger partial charge is 0.472 e. The van der Waals surface area contributed by atoms with Gasteiger partial charge in [-0.2, -0.15) is 0 Å². The van der Waals surface area contributed by atoms with Gasteiger partial charge >= 0.3 is 0 Å². The standard InChI is InChI=1S/C11H20O2/c1-4-5-6-12-11-7-10(8-13-11)9(2)3/h8-9,11H,4-7H2,1-3H3. The smallest absolute Gasteiger partial charge is 0.202 e. The van der Waals surface area contributed by atoms with E-state index in [1.165, 1.54) is 12.0 Å². The van der Waals surface area contributed by atoms with E-state index >= 15 is 0 Å². The predicted molar refractivity (Wildman–Crippen MR) is 53.3 cm³/mol. The van der Waals surface area contributed by atoms with E-state index in [0.29, 0.717) is 5.92 Å². The van der Waals surface area contributed by atoms with E-state index in [1.807, 2.05) is 6.26 Å². The van der Waals surface area contributed by atoms with Crippen molar-refractivity contribution in [2.75, 3.05) is 6.61 Å². The number of unbranched alkanes of at least 4 members (excludes halogenated alkanes) is 1. The minimum absolute atomic E-state index is 0.0102. The van der Waals surface area contributed by atoms with Gasteiger partial charge in [0.1, 0.15) is 0 Å². The molecule has 13 heavy (non-hydrogen) atoms. The molecule has 0 amide bonds. The lowest BCUT2D eigenvalue weighted by Crippen LogP contribution is -2.12. The van der Waals surface area contributed by atoms with Crippen molar-refractivity contribution in [1.29, 1.82) is 0 Å². The molecule has 0 aliphatic carbocycles. The number of ether oxygens (including phenoxy) is 2. The summed E-state index contributed by atoms with van der Waals surface area (Å²) in [6.45, 7) is 7.35. The average molecular weight is 184 g/mol. The van der Waals surface area contributed by atoms with Crippen LogP contribution in [0.4, 0.5) is 0 Å². The SMILES string of the molecule is CCCCOC1CC(C(C)C)=CO1. The summed E-state index contributed by atoms with van der Waals surface area (Å²) in [7, 11) is 0. The highest BCUT2D eigenvalue weighted by Gasteiger charge is 2.20. The molecular weight excluding hydrogens is 164 g/mol. The van der Waals surface area contributed by atoms with Crippen LogP contribution in [0.1, 0.15) is 40.0 Å². The van der Waals surface area contributed by atoms with Gasteiger partial charge in [0.2, 0.25) is 6.29 Å². The monoisotopic (exact) mass is 184 g/mol. The van der Waals surface area contributed by atoms with Crippen molar-refractivity contribution >= 4 is 0 Å². The molecule has 0 saturated carbocycles. The van der Waals surface area contributed by atoms with Crippen LogP contribution in [0, 0.1) is 5.92 Å². The Morgan fingerprint density at radius 1 is 1.62 bits per heavy atom. The van der Waals surface area contributed by atoms with Gasteiger partial charge in [-0.3, -0.25) is 0 Å². The zero-order valence-corrected chi connectivity index (χ0v) is 8.88. The molecule has 0 fully saturated rings. The summed E-state index contributed by atoms with van der Waals surface area (Å²) in [5.41, 5.74) is 1.36. The maximum atomic E-state index is 5.55. The van der Waals surface area contributed by atoms with Crippen molar-refractivity contribution in [2.45, 2.75) is 46.3 Å². The summed E-state index contributed by atoms with van der Waals surface area (Å²) in [6, 6.07) is 0. The van der Waals surface area contributed by atoms with Crippen LogP contribution in [0.15, 0.2) is 11.8 Å². The Labute approximate surface area is 80.9 Å². The van der Waals surface area contributed by atoms with E-state index in [0.717, 1.165) is 19.4 Å². The van der Waals surface area contributed by atoms with Crippen molar-refractivity contribution in [2.24, 2.45) is 5.92 Å². The molecule has 0 saturated heterocycles. The Morgan fingerprint density at radius 2 is 2.38 bits per heavy atom. The minimum Gasteiger partial charge on any atom is -0.472 e. The Morgan fingerprint density at radius 3 is 2.92 bits per heavy atom. The van der Waals surface area contributed by atoms with Crippen molar-refractivity contribution < 1.29 is 9.47 Å². The molecule has 1 aliphatic rings. The second-order valence-electron chi connectivity index (χ2n) is 3.84. The number of hydrogen-bond acceptors (Lipinski definition) is 2. The molecule has 76 valence electrons. The summed E-state index contributed by atoms with van der Waals surface area (Å²) in [5, 5.41) is 0. The number of rotatable bonds is 5. The molecule has 1 aliphatic heterocycles. The molecule has 0 radical (unpaired) electrons. The molecule has 0 N–H and O–H groups in total. The molecule has 1 atom stereocenters. The summed E-state index contributed by atoms with van der Waals surface area (Å²) in [4.78, 5) is 0. The van der Waals surface area contributed by atoms with Crippen molar-refractivity contribution in [3.05, 3.63) is 11.8 Å². The van der Waals surface area contributed by atoms with Crippen molar-refractivity contribution in [3.8, 4) is 0 Å². The van der Waals surface area contributed by atoms with Gasteiger partial charge < -0.3 is 9.47 Å². The highest BCUT2D eigenvalue weighted by Crippen LogP contribution is 2.24. The molecule has 0 aromatic carbocycles. The van der Waals surface area contributed by atoms with Gasteiger partial charge in [0.05, 0.1) is 12.9 Å². The van der Waals surface area contributed by atoms with Crippen LogP contribution in [0.3, 0.4) is 0 Å². The number of hydrogen-bond donors (Lipinski definition) is 0. The molecule has 1 rings (SSSR count). The normalized spacial score (nSPS) is 21.8. The van der Waals surface area contributed by atoms with Gasteiger partial charge in [0.25, 0.3) is 0 Å². The van der Waals surface area contributed by atoms with Gasteiger partial charge in [0.15, 0.2) is 0 Å². The fourth-order valence-electron chi connectivity index (χ4n) is 1.28. The third kappa shape index (κ3) is 3.39. The average Bonchev–Trinajstić information content (AvgIpc) is 2.53. The van der Waals surface area contributed by atoms with Crippen molar-refractivity contribution in [3.63, 3.8) is 0 Å². The maximum absolute atomic E-state index is 5.55. The summed E-state index contributed by atoms with van der Waals surface area (Å²) in [6.07, 6.45) is 5.10. The molecule has 0 aromatic rings. The lowest BCUT2D eigenvalue weighted by Gasteiger charge is -2.11. The fourth-order valence-corrected chi connectivity index (χ4v) is 1.28. The summed E-state index contributed by atoms with van der Waals surface area (Å²) >= 11 is 0. The van der Waals surface area contributed by atoms with Gasteiger partial charge in [-0.25, -0.2) is 0 Å². The fraction of sp³-hybridized carbons (Fsp3) is 0.818. The van der Waals surface area contributed by atoms with E-state index in [9.17, 15) is 0 Å². The molecule has 1 heterocycles. The quantitative estimate of drug-likeness (QED) is 0.611. The van der Waals surface area contributed by atoms with Crippen LogP contribution in [-0.2, 0) is 9.47 Å².